The van der Waals surface area contributed by atoms with Gasteiger partial charge in [0.2, 0.25) is 5.91 Å². The number of hydrogen-bond acceptors (Lipinski definition) is 4. The summed E-state index contributed by atoms with van der Waals surface area (Å²) in [6.07, 6.45) is 2.80. The first-order valence-electron chi connectivity index (χ1n) is 9.85. The van der Waals surface area contributed by atoms with Gasteiger partial charge in [-0.15, -0.1) is 11.3 Å². The van der Waals surface area contributed by atoms with Gasteiger partial charge >= 0.3 is 0 Å². The van der Waals surface area contributed by atoms with E-state index in [4.69, 9.17) is 11.6 Å². The summed E-state index contributed by atoms with van der Waals surface area (Å²) in [6, 6.07) is 16.2. The molecule has 2 aromatic carbocycles. The number of amides is 1. The Hall–Kier alpha value is -2.21. The molecule has 1 saturated carbocycles. The lowest BCUT2D eigenvalue weighted by Crippen LogP contribution is -2.23. The summed E-state index contributed by atoms with van der Waals surface area (Å²) >= 11 is 7.56. The molecule has 1 atom stereocenters. The van der Waals surface area contributed by atoms with Crippen LogP contribution < -0.4 is 10.6 Å². The number of aromatic nitrogens is 1. The molecule has 0 saturated heterocycles. The number of rotatable bonds is 8. The molecule has 29 heavy (non-hydrogen) atoms. The van der Waals surface area contributed by atoms with E-state index < -0.39 is 0 Å². The highest BCUT2D eigenvalue weighted by atomic mass is 35.5. The number of hydrogen-bond donors (Lipinski definition) is 2. The molecule has 0 bridgehead atoms. The Morgan fingerprint density at radius 1 is 1.17 bits per heavy atom. The normalized spacial score (nSPS) is 14.6. The van der Waals surface area contributed by atoms with Gasteiger partial charge < -0.3 is 10.6 Å². The summed E-state index contributed by atoms with van der Waals surface area (Å²) in [6.45, 7) is 2.72. The molecule has 1 aliphatic carbocycles. The molecular weight excluding hydrogens is 402 g/mol. The lowest BCUT2D eigenvalue weighted by Gasteiger charge is -2.18. The molecule has 4 nitrogen and oxygen atoms in total. The number of nitrogens with one attached hydrogen (secondary N) is 2. The highest BCUT2D eigenvalue weighted by Crippen LogP contribution is 2.41. The van der Waals surface area contributed by atoms with Crippen LogP contribution >= 0.6 is 22.9 Å². The Morgan fingerprint density at radius 3 is 2.59 bits per heavy atom. The van der Waals surface area contributed by atoms with E-state index in [0.717, 1.165) is 21.4 Å². The Labute approximate surface area is 180 Å². The molecule has 1 unspecified atom stereocenters. The van der Waals surface area contributed by atoms with E-state index in [1.807, 2.05) is 48.7 Å². The van der Waals surface area contributed by atoms with Crippen LogP contribution in [0.5, 0.6) is 0 Å². The van der Waals surface area contributed by atoms with E-state index in [9.17, 15) is 4.79 Å². The van der Waals surface area contributed by atoms with Crippen LogP contribution in [0.2, 0.25) is 5.02 Å². The van der Waals surface area contributed by atoms with Gasteiger partial charge in [0.15, 0.2) is 0 Å². The van der Waals surface area contributed by atoms with Crippen molar-refractivity contribution in [2.45, 2.75) is 38.8 Å². The zero-order chi connectivity index (χ0) is 20.2. The standard InChI is InChI=1S/C23H24ClN3OS/c1-15-2-10-19(11-3-15)26-21(28)12-22-27-20(14-29-22)13-25-23(16-4-5-16)17-6-8-18(24)9-7-17/h2-3,6-11,14,16,23,25H,4-5,12-13H2,1H3,(H,26,28). The fraction of sp³-hybridized carbons (Fsp3) is 0.304. The van der Waals surface area contributed by atoms with E-state index in [2.05, 4.69) is 27.8 Å². The quantitative estimate of drug-likeness (QED) is 0.499. The minimum atomic E-state index is -0.0419. The van der Waals surface area contributed by atoms with E-state index in [1.165, 1.54) is 35.3 Å². The van der Waals surface area contributed by atoms with Crippen LogP contribution in [-0.4, -0.2) is 10.9 Å². The fourth-order valence-electron chi connectivity index (χ4n) is 3.36. The average Bonchev–Trinajstić information content (AvgIpc) is 3.45. The minimum Gasteiger partial charge on any atom is -0.326 e. The monoisotopic (exact) mass is 425 g/mol. The summed E-state index contributed by atoms with van der Waals surface area (Å²) in [7, 11) is 0. The highest BCUT2D eigenvalue weighted by Gasteiger charge is 2.32. The molecule has 1 heterocycles. The second kappa shape index (κ2) is 9.08. The third-order valence-corrected chi connectivity index (χ3v) is 6.22. The van der Waals surface area contributed by atoms with Gasteiger partial charge in [0, 0.05) is 28.7 Å². The maximum absolute atomic E-state index is 12.3. The Morgan fingerprint density at radius 2 is 1.90 bits per heavy atom. The summed E-state index contributed by atoms with van der Waals surface area (Å²) < 4.78 is 0. The lowest BCUT2D eigenvalue weighted by atomic mass is 10.0. The first kappa shape index (κ1) is 20.1. The van der Waals surface area contributed by atoms with Gasteiger partial charge in [0.1, 0.15) is 5.01 Å². The molecule has 3 aromatic rings. The van der Waals surface area contributed by atoms with Crippen molar-refractivity contribution in [3.63, 3.8) is 0 Å². The van der Waals surface area contributed by atoms with Crippen molar-refractivity contribution in [2.75, 3.05) is 5.32 Å². The van der Waals surface area contributed by atoms with Crippen LogP contribution in [0.25, 0.3) is 0 Å². The molecular formula is C23H24ClN3OS. The minimum absolute atomic E-state index is 0.0419. The van der Waals surface area contributed by atoms with Gasteiger partial charge in [0.25, 0.3) is 0 Å². The van der Waals surface area contributed by atoms with Gasteiger partial charge in [-0.2, -0.15) is 0 Å². The van der Waals surface area contributed by atoms with E-state index >= 15 is 0 Å². The molecule has 1 amide bonds. The third-order valence-electron chi connectivity index (χ3n) is 5.07. The molecule has 1 fully saturated rings. The Kier molecular flexibility index (Phi) is 6.28. The highest BCUT2D eigenvalue weighted by molar-refractivity contribution is 7.09. The van der Waals surface area contributed by atoms with Crippen LogP contribution in [0, 0.1) is 12.8 Å². The van der Waals surface area contributed by atoms with Gasteiger partial charge in [0.05, 0.1) is 12.1 Å². The number of carbonyl (C=O) groups excluding carboxylic acids is 1. The fourth-order valence-corrected chi connectivity index (χ4v) is 4.28. The van der Waals surface area contributed by atoms with E-state index in [0.29, 0.717) is 24.9 Å². The average molecular weight is 426 g/mol. The maximum atomic E-state index is 12.3. The smallest absolute Gasteiger partial charge is 0.231 e. The molecule has 2 N–H and O–H groups in total. The van der Waals surface area contributed by atoms with Crippen LogP contribution in [0.4, 0.5) is 5.69 Å². The molecule has 0 aliphatic heterocycles. The van der Waals surface area contributed by atoms with Crippen molar-refractivity contribution in [1.29, 1.82) is 0 Å². The van der Waals surface area contributed by atoms with E-state index in [1.54, 1.807) is 0 Å². The lowest BCUT2D eigenvalue weighted by molar-refractivity contribution is -0.115. The number of anilines is 1. The topological polar surface area (TPSA) is 54.0 Å². The van der Waals surface area contributed by atoms with Crippen molar-refractivity contribution in [1.82, 2.24) is 10.3 Å². The SMILES string of the molecule is Cc1ccc(NC(=O)Cc2nc(CNC(c3ccc(Cl)cc3)C3CC3)cs2)cc1. The van der Waals surface area contributed by atoms with Crippen molar-refractivity contribution in [2.24, 2.45) is 5.92 Å². The molecule has 4 rings (SSSR count). The van der Waals surface area contributed by atoms with Crippen molar-refractivity contribution >= 4 is 34.5 Å². The third kappa shape index (κ3) is 5.66. The number of carbonyl (C=O) groups is 1. The number of aryl methyl sites for hydroxylation is 1. The predicted octanol–water partition coefficient (Wildman–Crippen LogP) is 5.53. The first-order valence-corrected chi connectivity index (χ1v) is 11.1. The summed E-state index contributed by atoms with van der Waals surface area (Å²) in [5.74, 6) is 0.634. The summed E-state index contributed by atoms with van der Waals surface area (Å²) in [5, 5.41) is 10.2. The van der Waals surface area contributed by atoms with Crippen molar-refractivity contribution < 1.29 is 4.79 Å². The number of nitrogens with zero attached hydrogens (tertiary/aromatic N) is 1. The molecule has 6 heteroatoms. The van der Waals surface area contributed by atoms with Gasteiger partial charge in [-0.3, -0.25) is 4.79 Å². The molecule has 0 radical (unpaired) electrons. The second-order valence-corrected chi connectivity index (χ2v) is 8.95. The summed E-state index contributed by atoms with van der Waals surface area (Å²) in [5.41, 5.74) is 4.23. The largest absolute Gasteiger partial charge is 0.326 e. The number of thiazole rings is 1. The van der Waals surface area contributed by atoms with Crippen molar-refractivity contribution in [3.8, 4) is 0 Å². The second-order valence-electron chi connectivity index (χ2n) is 7.57. The number of halogens is 1. The Bertz CT molecular complexity index is 965. The van der Waals surface area contributed by atoms with Crippen LogP contribution in [0.3, 0.4) is 0 Å². The van der Waals surface area contributed by atoms with Crippen LogP contribution in [0.15, 0.2) is 53.9 Å². The van der Waals surface area contributed by atoms with Crippen LogP contribution in [-0.2, 0) is 17.8 Å². The molecule has 1 aliphatic rings. The molecule has 150 valence electrons. The van der Waals surface area contributed by atoms with E-state index in [-0.39, 0.29) is 5.91 Å². The van der Waals surface area contributed by atoms with Gasteiger partial charge in [-0.1, -0.05) is 41.4 Å². The Balaban J connectivity index is 1.32. The summed E-state index contributed by atoms with van der Waals surface area (Å²) in [4.78, 5) is 16.9. The van der Waals surface area contributed by atoms with Crippen molar-refractivity contribution in [3.05, 3.63) is 80.8 Å². The zero-order valence-corrected chi connectivity index (χ0v) is 17.9. The molecule has 0 spiro atoms. The first-order chi connectivity index (χ1) is 14.1. The van der Waals surface area contributed by atoms with Gasteiger partial charge in [-0.25, -0.2) is 4.98 Å². The zero-order valence-electron chi connectivity index (χ0n) is 16.3. The number of benzene rings is 2. The van der Waals surface area contributed by atoms with Crippen LogP contribution in [0.1, 0.15) is 40.7 Å². The molecule has 1 aromatic heterocycles. The maximum Gasteiger partial charge on any atom is 0.231 e. The predicted molar refractivity (Wildman–Crippen MR) is 119 cm³/mol. The van der Waals surface area contributed by atoms with Gasteiger partial charge in [-0.05, 0) is 55.5 Å².